The lowest BCUT2D eigenvalue weighted by molar-refractivity contribution is -0.145. The lowest BCUT2D eigenvalue weighted by Gasteiger charge is -2.32. The van der Waals surface area contributed by atoms with Crippen LogP contribution in [0.15, 0.2) is 0 Å². The van der Waals surface area contributed by atoms with Crippen molar-refractivity contribution in [1.82, 2.24) is 4.90 Å². The molecule has 0 aromatic carbocycles. The van der Waals surface area contributed by atoms with Crippen LogP contribution in [-0.4, -0.2) is 35.0 Å². The fraction of sp³-hybridized carbons (Fsp3) is 0.857. The monoisotopic (exact) mass is 253 g/mol. The van der Waals surface area contributed by atoms with Gasteiger partial charge in [0.2, 0.25) is 5.91 Å². The summed E-state index contributed by atoms with van der Waals surface area (Å²) in [7, 11) is 0. The van der Waals surface area contributed by atoms with Crippen molar-refractivity contribution in [3.05, 3.63) is 0 Å². The largest absolute Gasteiger partial charge is 0.481 e. The molecule has 1 heterocycles. The zero-order valence-electron chi connectivity index (χ0n) is 10.9. The maximum atomic E-state index is 12.2. The van der Waals surface area contributed by atoms with Gasteiger partial charge in [-0.1, -0.05) is 19.3 Å². The third-order valence-corrected chi connectivity index (χ3v) is 4.31. The second-order valence-corrected chi connectivity index (χ2v) is 5.73. The van der Waals surface area contributed by atoms with Crippen molar-refractivity contribution >= 4 is 11.9 Å². The Hall–Kier alpha value is -1.06. The summed E-state index contributed by atoms with van der Waals surface area (Å²) in [4.78, 5) is 24.9. The van der Waals surface area contributed by atoms with Crippen LogP contribution in [0.5, 0.6) is 0 Å². The average Bonchev–Trinajstić information content (AvgIpc) is 2.40. The second kappa shape index (κ2) is 6.21. The highest BCUT2D eigenvalue weighted by Gasteiger charge is 2.29. The fourth-order valence-corrected chi connectivity index (χ4v) is 3.17. The molecule has 18 heavy (non-hydrogen) atoms. The highest BCUT2D eigenvalue weighted by molar-refractivity contribution is 5.78. The molecule has 2 aliphatic rings. The molecule has 4 heteroatoms. The van der Waals surface area contributed by atoms with Gasteiger partial charge in [0.05, 0.1) is 5.92 Å². The van der Waals surface area contributed by atoms with E-state index in [1.165, 1.54) is 32.1 Å². The smallest absolute Gasteiger partial charge is 0.308 e. The summed E-state index contributed by atoms with van der Waals surface area (Å²) in [6.45, 7) is 1.16. The first-order valence-corrected chi connectivity index (χ1v) is 7.17. The van der Waals surface area contributed by atoms with E-state index in [9.17, 15) is 9.59 Å². The van der Waals surface area contributed by atoms with Gasteiger partial charge >= 0.3 is 5.97 Å². The van der Waals surface area contributed by atoms with E-state index in [0.29, 0.717) is 25.3 Å². The van der Waals surface area contributed by atoms with Crippen LogP contribution in [0.1, 0.15) is 51.4 Å². The minimum atomic E-state index is -0.759. The lowest BCUT2D eigenvalue weighted by atomic mass is 9.86. The standard InChI is InChI=1S/C14H23NO3/c16-13(9-11-5-2-1-3-6-11)15-8-4-7-12(10-15)14(17)18/h11-12H,1-10H2,(H,17,18)/t12-/m1/s1. The Kier molecular flexibility index (Phi) is 4.61. The number of carbonyl (C=O) groups is 2. The Morgan fingerprint density at radius 2 is 1.78 bits per heavy atom. The third kappa shape index (κ3) is 3.47. The van der Waals surface area contributed by atoms with E-state index in [0.717, 1.165) is 13.0 Å². The minimum Gasteiger partial charge on any atom is -0.481 e. The molecular formula is C14H23NO3. The van der Waals surface area contributed by atoms with Crippen LogP contribution >= 0.6 is 0 Å². The van der Waals surface area contributed by atoms with E-state index < -0.39 is 5.97 Å². The lowest BCUT2D eigenvalue weighted by Crippen LogP contribution is -2.42. The van der Waals surface area contributed by atoms with Crippen molar-refractivity contribution in [3.8, 4) is 0 Å². The van der Waals surface area contributed by atoms with E-state index in [2.05, 4.69) is 0 Å². The van der Waals surface area contributed by atoms with Gasteiger partial charge < -0.3 is 10.0 Å². The molecule has 1 saturated carbocycles. The Morgan fingerprint density at radius 3 is 2.44 bits per heavy atom. The predicted octanol–water partition coefficient (Wildman–Crippen LogP) is 2.28. The summed E-state index contributed by atoms with van der Waals surface area (Å²) < 4.78 is 0. The summed E-state index contributed by atoms with van der Waals surface area (Å²) in [6, 6.07) is 0. The number of hydrogen-bond acceptors (Lipinski definition) is 2. The molecule has 1 aliphatic heterocycles. The van der Waals surface area contributed by atoms with Crippen molar-refractivity contribution in [2.75, 3.05) is 13.1 Å². The summed E-state index contributed by atoms with van der Waals surface area (Å²) in [6.07, 6.45) is 8.30. The van der Waals surface area contributed by atoms with Crippen LogP contribution in [0.4, 0.5) is 0 Å². The van der Waals surface area contributed by atoms with Gasteiger partial charge in [-0.3, -0.25) is 9.59 Å². The van der Waals surface area contributed by atoms with Gasteiger partial charge in [0.1, 0.15) is 0 Å². The Labute approximate surface area is 108 Å². The van der Waals surface area contributed by atoms with Gasteiger partial charge in [-0.25, -0.2) is 0 Å². The molecule has 2 rings (SSSR count). The first-order valence-electron chi connectivity index (χ1n) is 7.17. The fourth-order valence-electron chi connectivity index (χ4n) is 3.17. The number of likely N-dealkylation sites (tertiary alicyclic amines) is 1. The van der Waals surface area contributed by atoms with E-state index in [4.69, 9.17) is 5.11 Å². The maximum Gasteiger partial charge on any atom is 0.308 e. The number of aliphatic carboxylic acids is 1. The first-order chi connectivity index (χ1) is 8.66. The molecule has 1 N–H and O–H groups in total. The molecule has 2 fully saturated rings. The molecule has 0 bridgehead atoms. The Morgan fingerprint density at radius 1 is 1.06 bits per heavy atom. The second-order valence-electron chi connectivity index (χ2n) is 5.73. The van der Waals surface area contributed by atoms with Gasteiger partial charge in [-0.05, 0) is 31.6 Å². The number of rotatable bonds is 3. The molecule has 1 atom stereocenters. The van der Waals surface area contributed by atoms with Gasteiger partial charge in [0, 0.05) is 19.5 Å². The molecule has 0 aromatic rings. The van der Waals surface area contributed by atoms with E-state index >= 15 is 0 Å². The molecule has 0 aromatic heterocycles. The molecule has 102 valence electrons. The molecule has 1 saturated heterocycles. The summed E-state index contributed by atoms with van der Waals surface area (Å²) in [5.74, 6) is -0.400. The highest BCUT2D eigenvalue weighted by atomic mass is 16.4. The molecule has 4 nitrogen and oxygen atoms in total. The maximum absolute atomic E-state index is 12.2. The van der Waals surface area contributed by atoms with Crippen LogP contribution in [0.25, 0.3) is 0 Å². The number of hydrogen-bond donors (Lipinski definition) is 1. The topological polar surface area (TPSA) is 57.6 Å². The first kappa shape index (κ1) is 13.4. The number of nitrogens with zero attached hydrogens (tertiary/aromatic N) is 1. The van der Waals surface area contributed by atoms with Crippen molar-refractivity contribution in [3.63, 3.8) is 0 Å². The minimum absolute atomic E-state index is 0.174. The summed E-state index contributed by atoms with van der Waals surface area (Å²) in [5, 5.41) is 9.02. The van der Waals surface area contributed by atoms with Gasteiger partial charge in [0.15, 0.2) is 0 Å². The average molecular weight is 253 g/mol. The zero-order valence-corrected chi connectivity index (χ0v) is 10.9. The number of carboxylic acid groups (broad SMARTS) is 1. The van der Waals surface area contributed by atoms with E-state index in [1.54, 1.807) is 4.90 Å². The number of carboxylic acids is 1. The molecular weight excluding hydrogens is 230 g/mol. The van der Waals surface area contributed by atoms with Crippen molar-refractivity contribution < 1.29 is 14.7 Å². The van der Waals surface area contributed by atoms with Gasteiger partial charge in [-0.15, -0.1) is 0 Å². The quantitative estimate of drug-likeness (QED) is 0.839. The number of carbonyl (C=O) groups excluding carboxylic acids is 1. The molecule has 0 radical (unpaired) electrons. The predicted molar refractivity (Wildman–Crippen MR) is 68.1 cm³/mol. The van der Waals surface area contributed by atoms with Gasteiger partial charge in [-0.2, -0.15) is 0 Å². The molecule has 1 amide bonds. The zero-order chi connectivity index (χ0) is 13.0. The van der Waals surface area contributed by atoms with E-state index in [1.807, 2.05) is 0 Å². The molecule has 0 spiro atoms. The van der Waals surface area contributed by atoms with Crippen molar-refractivity contribution in [2.45, 2.75) is 51.4 Å². The van der Waals surface area contributed by atoms with Gasteiger partial charge in [0.25, 0.3) is 0 Å². The van der Waals surface area contributed by atoms with Crippen LogP contribution in [0.2, 0.25) is 0 Å². The van der Waals surface area contributed by atoms with Crippen LogP contribution in [-0.2, 0) is 9.59 Å². The SMILES string of the molecule is O=C(O)[C@@H]1CCCN(C(=O)CC2CCCCC2)C1. The highest BCUT2D eigenvalue weighted by Crippen LogP contribution is 2.27. The third-order valence-electron chi connectivity index (χ3n) is 4.31. The van der Waals surface area contributed by atoms with Crippen LogP contribution in [0.3, 0.4) is 0 Å². The molecule has 1 aliphatic carbocycles. The normalized spacial score (nSPS) is 26.0. The van der Waals surface area contributed by atoms with Crippen molar-refractivity contribution in [1.29, 1.82) is 0 Å². The van der Waals surface area contributed by atoms with Crippen LogP contribution in [0, 0.1) is 11.8 Å². The number of amides is 1. The Balaban J connectivity index is 1.82. The van der Waals surface area contributed by atoms with Crippen LogP contribution < -0.4 is 0 Å². The number of piperidine rings is 1. The van der Waals surface area contributed by atoms with Crippen molar-refractivity contribution in [2.24, 2.45) is 11.8 Å². The van der Waals surface area contributed by atoms with E-state index in [-0.39, 0.29) is 11.8 Å². The summed E-state index contributed by atoms with van der Waals surface area (Å²) in [5.41, 5.74) is 0. The molecule has 0 unspecified atom stereocenters. The Bertz CT molecular complexity index is 310. The summed E-state index contributed by atoms with van der Waals surface area (Å²) >= 11 is 0.